The summed E-state index contributed by atoms with van der Waals surface area (Å²) in [5, 5.41) is 3.89. The molecule has 2 fully saturated rings. The third-order valence-electron chi connectivity index (χ3n) is 7.84. The molecule has 3 atom stereocenters. The summed E-state index contributed by atoms with van der Waals surface area (Å²) in [5.41, 5.74) is 3.92. The zero-order chi connectivity index (χ0) is 24.8. The van der Waals surface area contributed by atoms with Crippen molar-refractivity contribution in [1.29, 1.82) is 0 Å². The van der Waals surface area contributed by atoms with E-state index in [0.29, 0.717) is 18.9 Å². The van der Waals surface area contributed by atoms with Crippen molar-refractivity contribution in [3.63, 3.8) is 0 Å². The van der Waals surface area contributed by atoms with Gasteiger partial charge >= 0.3 is 6.09 Å². The summed E-state index contributed by atoms with van der Waals surface area (Å²) in [6, 6.07) is 16.9. The van der Waals surface area contributed by atoms with E-state index >= 15 is 0 Å². The van der Waals surface area contributed by atoms with E-state index in [1.165, 1.54) is 11.1 Å². The number of benzene rings is 2. The van der Waals surface area contributed by atoms with Crippen molar-refractivity contribution < 1.29 is 14.3 Å². The van der Waals surface area contributed by atoms with E-state index in [9.17, 15) is 9.59 Å². The van der Waals surface area contributed by atoms with Gasteiger partial charge in [0.25, 0.3) is 0 Å². The molecule has 0 aliphatic carbocycles. The molecule has 2 aromatic rings. The molecule has 3 heterocycles. The summed E-state index contributed by atoms with van der Waals surface area (Å²) < 4.78 is 5.85. The first-order valence-corrected chi connectivity index (χ1v) is 12.9. The minimum Gasteiger partial charge on any atom is -0.444 e. The summed E-state index contributed by atoms with van der Waals surface area (Å²) >= 11 is 0. The molecule has 5 rings (SSSR count). The molecule has 1 N–H and O–H groups in total. The number of anilines is 1. The Morgan fingerprint density at radius 3 is 2.60 bits per heavy atom. The summed E-state index contributed by atoms with van der Waals surface area (Å²) in [6.45, 7) is 7.30. The number of carbonyl (C=O) groups excluding carboxylic acids is 2. The maximum atomic E-state index is 13.4. The lowest BCUT2D eigenvalue weighted by Crippen LogP contribution is -2.58. The highest BCUT2D eigenvalue weighted by molar-refractivity contribution is 5.96. The highest BCUT2D eigenvalue weighted by Gasteiger charge is 2.52. The lowest BCUT2D eigenvalue weighted by molar-refractivity contribution is -0.118. The molecule has 0 aromatic heterocycles. The van der Waals surface area contributed by atoms with Crippen LogP contribution in [0.4, 0.5) is 10.5 Å². The van der Waals surface area contributed by atoms with Crippen molar-refractivity contribution >= 4 is 17.7 Å². The second-order valence-corrected chi connectivity index (χ2v) is 11.4. The smallest absolute Gasteiger partial charge is 0.410 e. The van der Waals surface area contributed by atoms with E-state index in [4.69, 9.17) is 4.74 Å². The number of likely N-dealkylation sites (tertiary alicyclic amines) is 1. The molecule has 6 nitrogen and oxygen atoms in total. The highest BCUT2D eigenvalue weighted by atomic mass is 16.6. The summed E-state index contributed by atoms with van der Waals surface area (Å²) in [7, 11) is 1.88. The van der Waals surface area contributed by atoms with E-state index in [2.05, 4.69) is 35.6 Å². The Bertz CT molecular complexity index is 1110. The first kappa shape index (κ1) is 23.9. The number of nitrogens with one attached hydrogen (secondary N) is 1. The number of ether oxygens (including phenoxy) is 1. The first-order chi connectivity index (χ1) is 16.7. The Kier molecular flexibility index (Phi) is 6.12. The molecule has 2 amide bonds. The zero-order valence-corrected chi connectivity index (χ0v) is 21.3. The second kappa shape index (κ2) is 8.98. The van der Waals surface area contributed by atoms with Gasteiger partial charge in [0.15, 0.2) is 0 Å². The van der Waals surface area contributed by atoms with Gasteiger partial charge < -0.3 is 15.0 Å². The molecule has 0 bridgehead atoms. The number of hydrogen-bond donors (Lipinski definition) is 1. The predicted octanol–water partition coefficient (Wildman–Crippen LogP) is 5.18. The van der Waals surface area contributed by atoms with Crippen LogP contribution in [0.5, 0.6) is 0 Å². The van der Waals surface area contributed by atoms with E-state index in [1.807, 2.05) is 50.9 Å². The van der Waals surface area contributed by atoms with Gasteiger partial charge in [-0.05, 0) is 75.1 Å². The Morgan fingerprint density at radius 2 is 1.86 bits per heavy atom. The van der Waals surface area contributed by atoms with Crippen molar-refractivity contribution in [3.8, 4) is 0 Å². The summed E-state index contributed by atoms with van der Waals surface area (Å²) in [5.74, 6) is 0.496. The van der Waals surface area contributed by atoms with E-state index in [0.717, 1.165) is 43.5 Å². The number of carbonyl (C=O) groups is 2. The van der Waals surface area contributed by atoms with Crippen molar-refractivity contribution in [2.75, 3.05) is 25.0 Å². The van der Waals surface area contributed by atoms with Gasteiger partial charge in [0.2, 0.25) is 5.91 Å². The van der Waals surface area contributed by atoms with Crippen LogP contribution in [0.3, 0.4) is 0 Å². The van der Waals surface area contributed by atoms with Gasteiger partial charge in [0.1, 0.15) is 5.60 Å². The van der Waals surface area contributed by atoms with Gasteiger partial charge in [0.05, 0.1) is 6.04 Å². The minimum absolute atomic E-state index is 0.0980. The summed E-state index contributed by atoms with van der Waals surface area (Å²) in [6.07, 6.45) is 4.02. The van der Waals surface area contributed by atoms with Crippen LogP contribution in [-0.4, -0.2) is 48.2 Å². The Labute approximate surface area is 208 Å². The van der Waals surface area contributed by atoms with E-state index in [1.54, 1.807) is 4.90 Å². The Morgan fingerprint density at radius 1 is 1.09 bits per heavy atom. The second-order valence-electron chi connectivity index (χ2n) is 11.4. The van der Waals surface area contributed by atoms with Crippen LogP contribution in [0.15, 0.2) is 48.5 Å². The number of aryl methyl sites for hydroxylation is 1. The van der Waals surface area contributed by atoms with Crippen LogP contribution in [-0.2, 0) is 16.0 Å². The summed E-state index contributed by atoms with van der Waals surface area (Å²) in [4.78, 5) is 29.4. The molecule has 0 radical (unpaired) electrons. The van der Waals surface area contributed by atoms with Crippen LogP contribution in [0.2, 0.25) is 0 Å². The Hall–Kier alpha value is -2.86. The Balaban J connectivity index is 1.47. The SMILES string of the molecule is CN1C(=O)CCc2ccc(C3CNC4(CCCN(C(=O)OC(C)(C)C)C4c4ccccc4)C3)cc21. The van der Waals surface area contributed by atoms with Crippen molar-refractivity contribution in [3.05, 3.63) is 65.2 Å². The normalized spacial score (nSPS) is 26.7. The quantitative estimate of drug-likeness (QED) is 0.650. The van der Waals surface area contributed by atoms with Crippen LogP contribution in [0.1, 0.15) is 75.1 Å². The zero-order valence-electron chi connectivity index (χ0n) is 21.3. The average Bonchev–Trinajstić information content (AvgIpc) is 3.24. The lowest BCUT2D eigenvalue weighted by Gasteiger charge is -2.48. The molecule has 35 heavy (non-hydrogen) atoms. The molecular formula is C29H37N3O3. The van der Waals surface area contributed by atoms with Crippen molar-refractivity contribution in [2.45, 2.75) is 76.0 Å². The first-order valence-electron chi connectivity index (χ1n) is 12.9. The van der Waals surface area contributed by atoms with Crippen LogP contribution >= 0.6 is 0 Å². The van der Waals surface area contributed by atoms with Gasteiger partial charge in [0, 0.05) is 37.8 Å². The fourth-order valence-corrected chi connectivity index (χ4v) is 6.23. The van der Waals surface area contributed by atoms with Gasteiger partial charge in [-0.2, -0.15) is 0 Å². The maximum Gasteiger partial charge on any atom is 0.410 e. The van der Waals surface area contributed by atoms with Crippen LogP contribution < -0.4 is 10.2 Å². The van der Waals surface area contributed by atoms with Crippen molar-refractivity contribution in [2.24, 2.45) is 0 Å². The fourth-order valence-electron chi connectivity index (χ4n) is 6.23. The number of hydrogen-bond acceptors (Lipinski definition) is 4. The molecule has 1 spiro atoms. The van der Waals surface area contributed by atoms with Gasteiger partial charge in [-0.3, -0.25) is 9.69 Å². The van der Waals surface area contributed by atoms with Gasteiger partial charge in [-0.15, -0.1) is 0 Å². The topological polar surface area (TPSA) is 61.9 Å². The monoisotopic (exact) mass is 475 g/mol. The van der Waals surface area contributed by atoms with Gasteiger partial charge in [-0.25, -0.2) is 4.79 Å². The molecule has 3 aliphatic rings. The minimum atomic E-state index is -0.541. The number of piperidine rings is 1. The predicted molar refractivity (Wildman–Crippen MR) is 138 cm³/mol. The number of rotatable bonds is 2. The molecular weight excluding hydrogens is 438 g/mol. The van der Waals surface area contributed by atoms with E-state index in [-0.39, 0.29) is 23.6 Å². The average molecular weight is 476 g/mol. The molecule has 0 saturated carbocycles. The standard InChI is InChI=1S/C29H37N3O3/c1-28(2,3)35-27(34)32-16-8-15-29(26(32)21-9-6-5-7-10-21)18-23(19-30-29)22-12-11-20-13-14-25(33)31(4)24(20)17-22/h5-7,9-12,17,23,26,30H,8,13-16,18-19H2,1-4H3. The molecule has 186 valence electrons. The van der Waals surface area contributed by atoms with Crippen LogP contribution in [0.25, 0.3) is 0 Å². The van der Waals surface area contributed by atoms with Gasteiger partial charge in [-0.1, -0.05) is 42.5 Å². The number of fused-ring (bicyclic) bond motifs is 1. The van der Waals surface area contributed by atoms with E-state index < -0.39 is 5.60 Å². The molecule has 3 unspecified atom stereocenters. The lowest BCUT2D eigenvalue weighted by atomic mass is 9.74. The largest absolute Gasteiger partial charge is 0.444 e. The highest BCUT2D eigenvalue weighted by Crippen LogP contribution is 2.48. The maximum absolute atomic E-state index is 13.4. The van der Waals surface area contributed by atoms with Crippen LogP contribution in [0, 0.1) is 0 Å². The third-order valence-corrected chi connectivity index (χ3v) is 7.84. The number of amides is 2. The molecule has 2 saturated heterocycles. The molecule has 3 aliphatic heterocycles. The molecule has 6 heteroatoms. The molecule has 2 aromatic carbocycles. The third kappa shape index (κ3) is 4.56. The van der Waals surface area contributed by atoms with Crippen molar-refractivity contribution in [1.82, 2.24) is 10.2 Å². The number of nitrogens with zero attached hydrogens (tertiary/aromatic N) is 2. The fraction of sp³-hybridized carbons (Fsp3) is 0.517.